The largest absolute Gasteiger partial charge is 0.416 e. The molecule has 1 heterocycles. The van der Waals surface area contributed by atoms with Crippen LogP contribution in [-0.2, 0) is 38.7 Å². The van der Waals surface area contributed by atoms with Gasteiger partial charge in [-0.15, -0.1) is 0 Å². The minimum absolute atomic E-state index is 0.238. The van der Waals surface area contributed by atoms with E-state index in [0.29, 0.717) is 32.1 Å². The van der Waals surface area contributed by atoms with E-state index in [9.17, 15) is 39.6 Å². The van der Waals surface area contributed by atoms with E-state index in [4.69, 9.17) is 4.74 Å². The van der Waals surface area contributed by atoms with Gasteiger partial charge in [0.25, 0.3) is 0 Å². The maximum absolute atomic E-state index is 13.8. The summed E-state index contributed by atoms with van der Waals surface area (Å²) in [5.74, 6) is -1.04. The third-order valence-electron chi connectivity index (χ3n) is 6.92. The maximum Gasteiger partial charge on any atom is 0.416 e. The van der Waals surface area contributed by atoms with E-state index in [1.54, 1.807) is 0 Å². The topological polar surface area (TPSA) is 87.7 Å². The summed E-state index contributed by atoms with van der Waals surface area (Å²) in [6.07, 6.45) is -9.40. The van der Waals surface area contributed by atoms with Gasteiger partial charge in [0.1, 0.15) is 6.04 Å². The lowest BCUT2D eigenvalue weighted by molar-refractivity contribution is -0.158. The monoisotopic (exact) mass is 593 g/mol. The number of rotatable bonds is 8. The van der Waals surface area contributed by atoms with Crippen molar-refractivity contribution in [2.24, 2.45) is 0 Å². The van der Waals surface area contributed by atoms with Crippen molar-refractivity contribution in [3.05, 3.63) is 64.7 Å². The number of halogens is 6. The van der Waals surface area contributed by atoms with E-state index >= 15 is 0 Å². The van der Waals surface area contributed by atoms with Gasteiger partial charge in [0.15, 0.2) is 0 Å². The highest BCUT2D eigenvalue weighted by Crippen LogP contribution is 2.33. The Balaban J connectivity index is 1.44. The molecule has 1 aliphatic carbocycles. The predicted molar refractivity (Wildman–Crippen MR) is 133 cm³/mol. The zero-order chi connectivity index (χ0) is 29.1. The van der Waals surface area contributed by atoms with Crippen LogP contribution in [0.4, 0.5) is 26.3 Å². The fourth-order valence-electron chi connectivity index (χ4n) is 4.89. The van der Waals surface area contributed by atoms with Gasteiger partial charge in [-0.2, -0.15) is 31.1 Å². The minimum atomic E-state index is -5.18. The SMILES string of the molecule is O=C(C[C@H](NS(=O)(=O)c1cccc(C(F)(F)F)c1)C(F)(F)F)N[C@@H]1CCCc2cc(CN3CCOCC3)ccc21. The van der Waals surface area contributed by atoms with Crippen LogP contribution in [0.3, 0.4) is 0 Å². The maximum atomic E-state index is 13.8. The van der Waals surface area contributed by atoms with Crippen LogP contribution in [0.15, 0.2) is 47.4 Å². The zero-order valence-corrected chi connectivity index (χ0v) is 22.1. The highest BCUT2D eigenvalue weighted by atomic mass is 32.2. The molecule has 0 spiro atoms. The summed E-state index contributed by atoms with van der Waals surface area (Å²) in [6, 6.07) is 4.77. The molecule has 14 heteroatoms. The van der Waals surface area contributed by atoms with Gasteiger partial charge in [-0.25, -0.2) is 8.42 Å². The first-order chi connectivity index (χ1) is 18.7. The molecule has 40 heavy (non-hydrogen) atoms. The fourth-order valence-corrected chi connectivity index (χ4v) is 6.16. The lowest BCUT2D eigenvalue weighted by Gasteiger charge is -2.30. The van der Waals surface area contributed by atoms with Crippen LogP contribution in [0.25, 0.3) is 0 Å². The van der Waals surface area contributed by atoms with E-state index in [-0.39, 0.29) is 6.07 Å². The Labute approximate surface area is 227 Å². The summed E-state index contributed by atoms with van der Waals surface area (Å²) >= 11 is 0. The zero-order valence-electron chi connectivity index (χ0n) is 21.3. The number of carbonyl (C=O) groups excluding carboxylic acids is 1. The molecule has 1 fully saturated rings. The van der Waals surface area contributed by atoms with Crippen molar-refractivity contribution in [1.29, 1.82) is 0 Å². The van der Waals surface area contributed by atoms with Crippen molar-refractivity contribution in [2.75, 3.05) is 26.3 Å². The Morgan fingerprint density at radius 2 is 1.77 bits per heavy atom. The van der Waals surface area contributed by atoms with Crippen molar-refractivity contribution in [3.8, 4) is 0 Å². The second kappa shape index (κ2) is 12.0. The molecule has 2 N–H and O–H groups in total. The normalized spacial score (nSPS) is 19.6. The molecular weight excluding hydrogens is 564 g/mol. The second-order valence-corrected chi connectivity index (χ2v) is 11.6. The molecular formula is C26H29F6N3O4S. The van der Waals surface area contributed by atoms with E-state index in [0.717, 1.165) is 54.9 Å². The quantitative estimate of drug-likeness (QED) is 0.445. The number of sulfonamides is 1. The molecule has 1 aliphatic heterocycles. The predicted octanol–water partition coefficient (Wildman–Crippen LogP) is 4.33. The van der Waals surface area contributed by atoms with Crippen LogP contribution >= 0.6 is 0 Å². The number of carbonyl (C=O) groups is 1. The Hall–Kier alpha value is -2.68. The Bertz CT molecular complexity index is 1310. The summed E-state index contributed by atoms with van der Waals surface area (Å²) in [7, 11) is -5.03. The Kier molecular flexibility index (Phi) is 9.12. The molecule has 2 aromatic carbocycles. The molecule has 1 saturated heterocycles. The van der Waals surface area contributed by atoms with Gasteiger partial charge < -0.3 is 10.1 Å². The number of amides is 1. The number of nitrogens with zero attached hydrogens (tertiary/aromatic N) is 1. The van der Waals surface area contributed by atoms with Crippen molar-refractivity contribution in [3.63, 3.8) is 0 Å². The summed E-state index contributed by atoms with van der Waals surface area (Å²) in [6.45, 7) is 3.68. The van der Waals surface area contributed by atoms with Crippen LogP contribution in [0, 0.1) is 0 Å². The molecule has 2 atom stereocenters. The molecule has 0 unspecified atom stereocenters. The number of ether oxygens (including phenoxy) is 1. The number of nitrogens with one attached hydrogen (secondary N) is 2. The summed E-state index contributed by atoms with van der Waals surface area (Å²) in [5, 5.41) is 2.58. The van der Waals surface area contributed by atoms with E-state index in [2.05, 4.69) is 10.2 Å². The molecule has 4 rings (SSSR count). The van der Waals surface area contributed by atoms with E-state index in [1.807, 2.05) is 18.2 Å². The number of hydrogen-bond donors (Lipinski definition) is 2. The van der Waals surface area contributed by atoms with Crippen LogP contribution < -0.4 is 10.0 Å². The Morgan fingerprint density at radius 3 is 2.45 bits per heavy atom. The molecule has 0 radical (unpaired) electrons. The molecule has 0 aromatic heterocycles. The van der Waals surface area contributed by atoms with Gasteiger partial charge in [-0.1, -0.05) is 24.3 Å². The smallest absolute Gasteiger partial charge is 0.379 e. The first-order valence-electron chi connectivity index (χ1n) is 12.7. The number of benzene rings is 2. The number of hydrogen-bond acceptors (Lipinski definition) is 5. The van der Waals surface area contributed by atoms with Gasteiger partial charge in [-0.05, 0) is 54.2 Å². The number of alkyl halides is 6. The average Bonchev–Trinajstić information content (AvgIpc) is 2.88. The van der Waals surface area contributed by atoms with Gasteiger partial charge in [0, 0.05) is 19.6 Å². The average molecular weight is 594 g/mol. The van der Waals surface area contributed by atoms with Crippen molar-refractivity contribution in [1.82, 2.24) is 14.9 Å². The fraction of sp³-hybridized carbons (Fsp3) is 0.500. The first kappa shape index (κ1) is 30.3. The first-order valence-corrected chi connectivity index (χ1v) is 14.2. The van der Waals surface area contributed by atoms with Crippen molar-refractivity contribution in [2.45, 2.75) is 61.6 Å². The third kappa shape index (κ3) is 7.74. The molecule has 220 valence electrons. The second-order valence-electron chi connectivity index (χ2n) is 9.88. The summed E-state index contributed by atoms with van der Waals surface area (Å²) in [4.78, 5) is 14.0. The highest BCUT2D eigenvalue weighted by molar-refractivity contribution is 7.89. The van der Waals surface area contributed by atoms with E-state index in [1.165, 1.54) is 4.72 Å². The number of aryl methyl sites for hydroxylation is 1. The summed E-state index contributed by atoms with van der Waals surface area (Å²) in [5.41, 5.74) is 1.52. The Morgan fingerprint density at radius 1 is 1.05 bits per heavy atom. The lowest BCUT2D eigenvalue weighted by atomic mass is 9.86. The van der Waals surface area contributed by atoms with E-state index < -0.39 is 57.2 Å². The van der Waals surface area contributed by atoms with Gasteiger partial charge >= 0.3 is 12.4 Å². The van der Waals surface area contributed by atoms with Crippen molar-refractivity contribution < 1.29 is 44.3 Å². The van der Waals surface area contributed by atoms with Crippen LogP contribution in [0.5, 0.6) is 0 Å². The third-order valence-corrected chi connectivity index (χ3v) is 8.39. The number of morpholine rings is 1. The molecule has 0 bridgehead atoms. The molecule has 7 nitrogen and oxygen atoms in total. The van der Waals surface area contributed by atoms with Gasteiger partial charge in [0.05, 0.1) is 36.1 Å². The lowest BCUT2D eigenvalue weighted by Crippen LogP contribution is -2.48. The molecule has 1 amide bonds. The van der Waals surface area contributed by atoms with Gasteiger partial charge in [-0.3, -0.25) is 9.69 Å². The molecule has 2 aromatic rings. The molecule has 2 aliphatic rings. The van der Waals surface area contributed by atoms with Gasteiger partial charge in [0.2, 0.25) is 15.9 Å². The van der Waals surface area contributed by atoms with Crippen LogP contribution in [-0.4, -0.2) is 57.7 Å². The van der Waals surface area contributed by atoms with Crippen LogP contribution in [0.1, 0.15) is 47.6 Å². The standard InChI is InChI=1S/C26H29F6N3O4S/c27-25(28,29)19-4-2-5-20(14-19)40(37,38)34-23(26(30,31)32)15-24(36)33-22-6-1-3-18-13-17(7-8-21(18)22)16-35-9-11-39-12-10-35/h2,4-5,7-8,13-14,22-23,34H,1,3,6,9-12,15-16H2,(H,33,36)/t22-,23+/m1/s1. The minimum Gasteiger partial charge on any atom is -0.379 e. The number of fused-ring (bicyclic) bond motifs is 1. The highest BCUT2D eigenvalue weighted by Gasteiger charge is 2.44. The summed E-state index contributed by atoms with van der Waals surface area (Å²) < 4.78 is 112. The molecule has 0 saturated carbocycles. The van der Waals surface area contributed by atoms with Crippen LogP contribution in [0.2, 0.25) is 0 Å². The van der Waals surface area contributed by atoms with Crippen molar-refractivity contribution >= 4 is 15.9 Å².